The number of tetrazole rings is 1. The summed E-state index contributed by atoms with van der Waals surface area (Å²) in [6.45, 7) is 1.41. The van der Waals surface area contributed by atoms with E-state index in [1.165, 1.54) is 5.56 Å². The van der Waals surface area contributed by atoms with Crippen molar-refractivity contribution in [2.75, 3.05) is 32.1 Å². The first-order valence-electron chi connectivity index (χ1n) is 10.2. The van der Waals surface area contributed by atoms with Gasteiger partial charge in [0.25, 0.3) is 5.91 Å². The van der Waals surface area contributed by atoms with Crippen LogP contribution in [0.3, 0.4) is 0 Å². The quantitative estimate of drug-likeness (QED) is 0.710. The second-order valence-corrected chi connectivity index (χ2v) is 8.33. The monoisotopic (exact) mass is 404 g/mol. The summed E-state index contributed by atoms with van der Waals surface area (Å²) in [5.74, 6) is 1.16. The Kier molecular flexibility index (Phi) is 4.45. The highest BCUT2D eigenvalue weighted by Crippen LogP contribution is 2.44. The number of anilines is 1. The van der Waals surface area contributed by atoms with Gasteiger partial charge in [-0.15, -0.1) is 10.2 Å². The number of piperidine rings is 1. The Morgan fingerprint density at radius 1 is 1.23 bits per heavy atom. The smallest absolute Gasteiger partial charge is 0.254 e. The summed E-state index contributed by atoms with van der Waals surface area (Å²) in [5.41, 5.74) is 3.52. The van der Waals surface area contributed by atoms with Crippen LogP contribution in [0.25, 0.3) is 11.4 Å². The van der Waals surface area contributed by atoms with Crippen molar-refractivity contribution in [1.29, 1.82) is 0 Å². The molecule has 1 amide bonds. The molecule has 1 fully saturated rings. The average Bonchev–Trinajstić information content (AvgIpc) is 3.42. The number of carbonyl (C=O) groups is 1. The Bertz CT molecular complexity index is 1080. The number of hydrogen-bond donors (Lipinski definition) is 1. The molecule has 9 heteroatoms. The first kappa shape index (κ1) is 18.7. The third-order valence-electron chi connectivity index (χ3n) is 6.23. The number of fused-ring (bicyclic) bond motifs is 2. The van der Waals surface area contributed by atoms with E-state index in [0.717, 1.165) is 43.9 Å². The highest BCUT2D eigenvalue weighted by atomic mass is 16.2. The number of benzene rings is 1. The topological polar surface area (TPSA) is 104 Å². The summed E-state index contributed by atoms with van der Waals surface area (Å²) in [7, 11) is 3.91. The van der Waals surface area contributed by atoms with Crippen molar-refractivity contribution in [3.8, 4) is 11.4 Å². The summed E-state index contributed by atoms with van der Waals surface area (Å²) >= 11 is 0. The maximum absolute atomic E-state index is 13.5. The highest BCUT2D eigenvalue weighted by Gasteiger charge is 2.45. The molecular formula is C21H24N8O. The van der Waals surface area contributed by atoms with Crippen LogP contribution in [0.4, 0.5) is 5.95 Å². The molecule has 0 bridgehead atoms. The number of rotatable bonds is 3. The molecule has 1 N–H and O–H groups in total. The standard InChI is InChI=1S/C21H24N8O/c1-28(2)20-22-12-14-8-10-21(17(14)23-20)9-5-11-29(13-21)19(30)16-7-4-3-6-15(16)18-24-26-27-25-18/h3-4,6-7,12H,5,8-11,13H2,1-2H3,(H,24,25,26,27). The molecule has 1 unspecified atom stereocenters. The molecule has 1 aliphatic heterocycles. The summed E-state index contributed by atoms with van der Waals surface area (Å²) < 4.78 is 0. The minimum absolute atomic E-state index is 0.00446. The zero-order valence-electron chi connectivity index (χ0n) is 17.2. The zero-order valence-corrected chi connectivity index (χ0v) is 17.2. The number of nitrogens with zero attached hydrogens (tertiary/aromatic N) is 7. The van der Waals surface area contributed by atoms with Gasteiger partial charge in [-0.1, -0.05) is 18.2 Å². The molecule has 30 heavy (non-hydrogen) atoms. The van der Waals surface area contributed by atoms with E-state index in [1.807, 2.05) is 54.4 Å². The fourth-order valence-corrected chi connectivity index (χ4v) is 4.76. The van der Waals surface area contributed by atoms with Gasteiger partial charge >= 0.3 is 0 Å². The predicted molar refractivity (Wildman–Crippen MR) is 111 cm³/mol. The van der Waals surface area contributed by atoms with Gasteiger partial charge in [-0.3, -0.25) is 4.79 Å². The van der Waals surface area contributed by atoms with Crippen molar-refractivity contribution >= 4 is 11.9 Å². The number of nitrogens with one attached hydrogen (secondary N) is 1. The Morgan fingerprint density at radius 2 is 2.10 bits per heavy atom. The molecular weight excluding hydrogens is 380 g/mol. The van der Waals surface area contributed by atoms with E-state index in [2.05, 4.69) is 25.6 Å². The van der Waals surface area contributed by atoms with Gasteiger partial charge < -0.3 is 9.80 Å². The van der Waals surface area contributed by atoms with Gasteiger partial charge in [0, 0.05) is 44.4 Å². The van der Waals surface area contributed by atoms with Gasteiger partial charge in [-0.05, 0) is 42.5 Å². The molecule has 1 spiro atoms. The lowest BCUT2D eigenvalue weighted by atomic mass is 9.77. The molecule has 1 atom stereocenters. The third-order valence-corrected chi connectivity index (χ3v) is 6.23. The van der Waals surface area contributed by atoms with Crippen molar-refractivity contribution in [1.82, 2.24) is 35.5 Å². The normalized spacial score (nSPS) is 20.4. The van der Waals surface area contributed by atoms with Crippen molar-refractivity contribution in [2.24, 2.45) is 0 Å². The van der Waals surface area contributed by atoms with Crippen LogP contribution in [0.5, 0.6) is 0 Å². The van der Waals surface area contributed by atoms with Crippen LogP contribution in [-0.2, 0) is 11.8 Å². The molecule has 3 heterocycles. The van der Waals surface area contributed by atoms with Crippen LogP contribution in [0.2, 0.25) is 0 Å². The first-order chi connectivity index (χ1) is 14.6. The number of H-pyrrole nitrogens is 1. The number of amides is 1. The average molecular weight is 404 g/mol. The Morgan fingerprint density at radius 3 is 2.90 bits per heavy atom. The molecule has 1 aromatic carbocycles. The number of carbonyl (C=O) groups excluding carboxylic acids is 1. The van der Waals surface area contributed by atoms with Crippen molar-refractivity contribution in [2.45, 2.75) is 31.1 Å². The van der Waals surface area contributed by atoms with Crippen molar-refractivity contribution < 1.29 is 4.79 Å². The minimum atomic E-state index is -0.0992. The molecule has 9 nitrogen and oxygen atoms in total. The maximum atomic E-state index is 13.5. The number of hydrogen-bond acceptors (Lipinski definition) is 7. The van der Waals surface area contributed by atoms with Gasteiger partial charge in [0.15, 0.2) is 0 Å². The number of aromatic nitrogens is 6. The molecule has 1 saturated heterocycles. The predicted octanol–water partition coefficient (Wildman–Crippen LogP) is 1.84. The van der Waals surface area contributed by atoms with Crippen LogP contribution in [0.1, 0.15) is 40.9 Å². The van der Waals surface area contributed by atoms with Gasteiger partial charge in [0.2, 0.25) is 11.8 Å². The van der Waals surface area contributed by atoms with E-state index in [1.54, 1.807) is 0 Å². The highest BCUT2D eigenvalue weighted by molar-refractivity contribution is 6.00. The van der Waals surface area contributed by atoms with Crippen molar-refractivity contribution in [3.63, 3.8) is 0 Å². The zero-order chi connectivity index (χ0) is 20.7. The second kappa shape index (κ2) is 7.16. The van der Waals surface area contributed by atoms with E-state index < -0.39 is 0 Å². The summed E-state index contributed by atoms with van der Waals surface area (Å²) in [6, 6.07) is 7.45. The molecule has 154 valence electrons. The third kappa shape index (κ3) is 3.01. The number of aromatic amines is 1. The van der Waals surface area contributed by atoms with Crippen LogP contribution in [0.15, 0.2) is 30.5 Å². The van der Waals surface area contributed by atoms with Crippen LogP contribution in [0, 0.1) is 0 Å². The number of likely N-dealkylation sites (tertiary alicyclic amines) is 1. The Labute approximate surface area is 174 Å². The van der Waals surface area contributed by atoms with Crippen molar-refractivity contribution in [3.05, 3.63) is 47.3 Å². The summed E-state index contributed by atoms with van der Waals surface area (Å²) in [4.78, 5) is 26.8. The fraction of sp³-hybridized carbons (Fsp3) is 0.429. The molecule has 5 rings (SSSR count). The van der Waals surface area contributed by atoms with E-state index >= 15 is 0 Å². The van der Waals surface area contributed by atoms with E-state index in [-0.39, 0.29) is 11.3 Å². The summed E-state index contributed by atoms with van der Waals surface area (Å²) in [6.07, 6.45) is 5.92. The maximum Gasteiger partial charge on any atom is 0.254 e. The van der Waals surface area contributed by atoms with E-state index in [0.29, 0.717) is 23.5 Å². The molecule has 2 aromatic heterocycles. The van der Waals surface area contributed by atoms with Crippen LogP contribution < -0.4 is 4.90 Å². The fourth-order valence-electron chi connectivity index (χ4n) is 4.76. The molecule has 2 aliphatic rings. The lowest BCUT2D eigenvalue weighted by Crippen LogP contribution is -2.48. The molecule has 1 aliphatic carbocycles. The van der Waals surface area contributed by atoms with Crippen LogP contribution >= 0.6 is 0 Å². The van der Waals surface area contributed by atoms with E-state index in [9.17, 15) is 4.79 Å². The Hall–Kier alpha value is -3.36. The van der Waals surface area contributed by atoms with Gasteiger partial charge in [0.1, 0.15) is 0 Å². The SMILES string of the molecule is CN(C)c1ncc2c(n1)C1(CCCN(C(=O)c3ccccc3-c3nn[nH]n3)C1)CC2. The molecule has 0 saturated carbocycles. The lowest BCUT2D eigenvalue weighted by Gasteiger charge is -2.40. The summed E-state index contributed by atoms with van der Waals surface area (Å²) in [5, 5.41) is 14.2. The molecule has 3 aromatic rings. The first-order valence-corrected chi connectivity index (χ1v) is 10.2. The largest absolute Gasteiger partial charge is 0.347 e. The number of aryl methyl sites for hydroxylation is 1. The van der Waals surface area contributed by atoms with Gasteiger partial charge in [-0.2, -0.15) is 5.21 Å². The Balaban J connectivity index is 1.47. The van der Waals surface area contributed by atoms with Crippen LogP contribution in [-0.4, -0.2) is 68.6 Å². The second-order valence-electron chi connectivity index (χ2n) is 8.33. The van der Waals surface area contributed by atoms with Gasteiger partial charge in [0.05, 0.1) is 11.3 Å². The van der Waals surface area contributed by atoms with E-state index in [4.69, 9.17) is 4.98 Å². The van der Waals surface area contributed by atoms with Gasteiger partial charge in [-0.25, -0.2) is 9.97 Å². The minimum Gasteiger partial charge on any atom is -0.347 e. The molecule has 0 radical (unpaired) electrons. The lowest BCUT2D eigenvalue weighted by molar-refractivity contribution is 0.0634.